The van der Waals surface area contributed by atoms with Crippen molar-refractivity contribution in [3.8, 4) is 10.8 Å². The van der Waals surface area contributed by atoms with Crippen molar-refractivity contribution in [2.24, 2.45) is 0 Å². The molecule has 1 N–H and O–H groups in total. The number of aryl methyl sites for hydroxylation is 1. The van der Waals surface area contributed by atoms with Gasteiger partial charge in [-0.1, -0.05) is 6.07 Å². The molecule has 6 nitrogen and oxygen atoms in total. The predicted octanol–water partition coefficient (Wildman–Crippen LogP) is 4.45. The van der Waals surface area contributed by atoms with Crippen LogP contribution >= 0.6 is 11.3 Å². The van der Waals surface area contributed by atoms with Crippen LogP contribution in [0.15, 0.2) is 46.2 Å². The Labute approximate surface area is 167 Å². The van der Waals surface area contributed by atoms with Gasteiger partial charge < -0.3 is 14.5 Å². The summed E-state index contributed by atoms with van der Waals surface area (Å²) in [4.78, 5) is 28.9. The Kier molecular flexibility index (Phi) is 6.02. The quantitative estimate of drug-likeness (QED) is 0.591. The lowest BCUT2D eigenvalue weighted by molar-refractivity contribution is -0.146. The lowest BCUT2D eigenvalue weighted by atomic mass is 10.2. The van der Waals surface area contributed by atoms with Crippen molar-refractivity contribution < 1.29 is 31.9 Å². The van der Waals surface area contributed by atoms with E-state index < -0.39 is 30.2 Å². The van der Waals surface area contributed by atoms with Gasteiger partial charge in [0.1, 0.15) is 5.76 Å². The molecule has 10 heteroatoms. The first-order valence-electron chi connectivity index (χ1n) is 8.35. The number of alkyl halides is 3. The standard InChI is InChI=1S/C19H15F3N2O4S/c1-11-14(24-18(28-11)15-3-2-8-29-15)9-17(26)27-10-16(25)23-13-6-4-12(5-7-13)19(20,21)22/h2-8H,9-10H2,1H3,(H,23,25). The zero-order chi connectivity index (χ0) is 21.0. The normalized spacial score (nSPS) is 11.3. The summed E-state index contributed by atoms with van der Waals surface area (Å²) in [5.41, 5.74) is -0.264. The Bertz CT molecular complexity index is 996. The van der Waals surface area contributed by atoms with E-state index in [2.05, 4.69) is 10.3 Å². The molecule has 0 fully saturated rings. The molecule has 0 spiro atoms. The number of esters is 1. The van der Waals surface area contributed by atoms with E-state index in [-0.39, 0.29) is 12.1 Å². The van der Waals surface area contributed by atoms with Crippen LogP contribution in [0.1, 0.15) is 17.0 Å². The lowest BCUT2D eigenvalue weighted by Crippen LogP contribution is -2.22. The third-order valence-electron chi connectivity index (χ3n) is 3.80. The smallest absolute Gasteiger partial charge is 0.416 e. The summed E-state index contributed by atoms with van der Waals surface area (Å²) in [5, 5.41) is 4.23. The van der Waals surface area contributed by atoms with E-state index in [1.165, 1.54) is 11.3 Å². The maximum Gasteiger partial charge on any atom is 0.416 e. The molecule has 0 aliphatic heterocycles. The third-order valence-corrected chi connectivity index (χ3v) is 4.65. The molecule has 0 atom stereocenters. The maximum atomic E-state index is 12.5. The lowest BCUT2D eigenvalue weighted by Gasteiger charge is -2.09. The molecule has 0 radical (unpaired) electrons. The molecular weight excluding hydrogens is 409 g/mol. The van der Waals surface area contributed by atoms with Crippen molar-refractivity contribution in [2.75, 3.05) is 11.9 Å². The van der Waals surface area contributed by atoms with E-state index in [4.69, 9.17) is 9.15 Å². The highest BCUT2D eigenvalue weighted by Gasteiger charge is 2.30. The van der Waals surface area contributed by atoms with Crippen LogP contribution < -0.4 is 5.32 Å². The Morgan fingerprint density at radius 2 is 1.93 bits per heavy atom. The second-order valence-corrected chi connectivity index (χ2v) is 6.91. The number of halogens is 3. The summed E-state index contributed by atoms with van der Waals surface area (Å²) in [6.07, 6.45) is -4.63. The van der Waals surface area contributed by atoms with Gasteiger partial charge in [0.2, 0.25) is 5.89 Å². The number of ether oxygens (including phenoxy) is 1. The fourth-order valence-corrected chi connectivity index (χ4v) is 3.02. The summed E-state index contributed by atoms with van der Waals surface area (Å²) < 4.78 is 48.0. The Hall–Kier alpha value is -3.14. The number of aromatic nitrogens is 1. The number of rotatable bonds is 6. The molecule has 1 amide bonds. The van der Waals surface area contributed by atoms with Crippen LogP contribution in [0.2, 0.25) is 0 Å². The average Bonchev–Trinajstić information content (AvgIpc) is 3.30. The number of amides is 1. The monoisotopic (exact) mass is 424 g/mol. The third kappa shape index (κ3) is 5.44. The van der Waals surface area contributed by atoms with E-state index in [0.29, 0.717) is 17.3 Å². The Morgan fingerprint density at radius 1 is 1.21 bits per heavy atom. The fourth-order valence-electron chi connectivity index (χ4n) is 2.37. The van der Waals surface area contributed by atoms with Gasteiger partial charge in [-0.05, 0) is 42.6 Å². The van der Waals surface area contributed by atoms with E-state index in [1.807, 2.05) is 17.5 Å². The van der Waals surface area contributed by atoms with Crippen molar-refractivity contribution in [3.63, 3.8) is 0 Å². The first kappa shape index (κ1) is 20.6. The van der Waals surface area contributed by atoms with Crippen LogP contribution in [0.3, 0.4) is 0 Å². The van der Waals surface area contributed by atoms with E-state index in [9.17, 15) is 22.8 Å². The average molecular weight is 424 g/mol. The number of hydrogen-bond donors (Lipinski definition) is 1. The minimum absolute atomic E-state index is 0.159. The number of nitrogens with zero attached hydrogens (tertiary/aromatic N) is 1. The SMILES string of the molecule is Cc1oc(-c2cccs2)nc1CC(=O)OCC(=O)Nc1ccc(C(F)(F)F)cc1. The first-order valence-corrected chi connectivity index (χ1v) is 9.23. The summed E-state index contributed by atoms with van der Waals surface area (Å²) >= 11 is 1.45. The van der Waals surface area contributed by atoms with Gasteiger partial charge in [0.05, 0.1) is 22.6 Å². The van der Waals surface area contributed by atoms with Gasteiger partial charge in [0, 0.05) is 5.69 Å². The van der Waals surface area contributed by atoms with Crippen molar-refractivity contribution in [1.29, 1.82) is 0 Å². The molecule has 2 aromatic heterocycles. The Balaban J connectivity index is 1.50. The van der Waals surface area contributed by atoms with E-state index in [1.54, 1.807) is 6.92 Å². The largest absolute Gasteiger partial charge is 0.455 e. The second-order valence-electron chi connectivity index (χ2n) is 5.96. The highest BCUT2D eigenvalue weighted by molar-refractivity contribution is 7.13. The molecular formula is C19H15F3N2O4S. The van der Waals surface area contributed by atoms with Gasteiger partial charge in [-0.3, -0.25) is 9.59 Å². The highest BCUT2D eigenvalue weighted by atomic mass is 32.1. The second kappa shape index (κ2) is 8.48. The summed E-state index contributed by atoms with van der Waals surface area (Å²) in [7, 11) is 0. The van der Waals surface area contributed by atoms with Crippen molar-refractivity contribution in [1.82, 2.24) is 4.98 Å². The van der Waals surface area contributed by atoms with E-state index in [0.717, 1.165) is 29.1 Å². The van der Waals surface area contributed by atoms with Gasteiger partial charge in [-0.2, -0.15) is 13.2 Å². The molecule has 1 aromatic carbocycles. The van der Waals surface area contributed by atoms with E-state index >= 15 is 0 Å². The van der Waals surface area contributed by atoms with Crippen LogP contribution in [-0.2, 0) is 26.9 Å². The van der Waals surface area contributed by atoms with Gasteiger partial charge in [-0.15, -0.1) is 11.3 Å². The molecule has 2 heterocycles. The number of carbonyl (C=O) groups is 2. The molecule has 152 valence electrons. The van der Waals surface area contributed by atoms with Crippen LogP contribution in [-0.4, -0.2) is 23.5 Å². The molecule has 0 saturated heterocycles. The highest BCUT2D eigenvalue weighted by Crippen LogP contribution is 2.30. The zero-order valence-corrected chi connectivity index (χ0v) is 15.9. The van der Waals surface area contributed by atoms with Gasteiger partial charge in [-0.25, -0.2) is 4.98 Å². The summed E-state index contributed by atoms with van der Waals surface area (Å²) in [6, 6.07) is 7.62. The molecule has 0 aliphatic rings. The fraction of sp³-hybridized carbons (Fsp3) is 0.211. The molecule has 0 unspecified atom stereocenters. The molecule has 3 aromatic rings. The molecule has 29 heavy (non-hydrogen) atoms. The minimum atomic E-state index is -4.46. The number of nitrogens with one attached hydrogen (secondary N) is 1. The van der Waals surface area contributed by atoms with Crippen LogP contribution in [0.4, 0.5) is 18.9 Å². The zero-order valence-electron chi connectivity index (χ0n) is 15.1. The van der Waals surface area contributed by atoms with Crippen molar-refractivity contribution in [2.45, 2.75) is 19.5 Å². The Morgan fingerprint density at radius 3 is 2.55 bits per heavy atom. The molecule has 3 rings (SSSR count). The van der Waals surface area contributed by atoms with Crippen LogP contribution in [0.5, 0.6) is 0 Å². The number of oxazole rings is 1. The summed E-state index contributed by atoms with van der Waals surface area (Å²) in [5.74, 6) is -0.476. The van der Waals surface area contributed by atoms with Crippen LogP contribution in [0.25, 0.3) is 10.8 Å². The number of carbonyl (C=O) groups excluding carboxylic acids is 2. The number of anilines is 1. The number of thiophene rings is 1. The molecule has 0 bridgehead atoms. The molecule has 0 saturated carbocycles. The van der Waals surface area contributed by atoms with Gasteiger partial charge in [0.25, 0.3) is 5.91 Å². The maximum absolute atomic E-state index is 12.5. The molecule has 0 aliphatic carbocycles. The van der Waals surface area contributed by atoms with Crippen molar-refractivity contribution in [3.05, 3.63) is 58.8 Å². The van der Waals surface area contributed by atoms with Gasteiger partial charge >= 0.3 is 12.1 Å². The predicted molar refractivity (Wildman–Crippen MR) is 99.3 cm³/mol. The van der Waals surface area contributed by atoms with Crippen LogP contribution in [0, 0.1) is 6.92 Å². The van der Waals surface area contributed by atoms with Crippen molar-refractivity contribution >= 4 is 28.9 Å². The number of hydrogen-bond acceptors (Lipinski definition) is 6. The topological polar surface area (TPSA) is 81.4 Å². The number of benzene rings is 1. The van der Waals surface area contributed by atoms with Gasteiger partial charge in [0.15, 0.2) is 6.61 Å². The first-order chi connectivity index (χ1) is 13.7. The minimum Gasteiger partial charge on any atom is -0.455 e. The summed E-state index contributed by atoms with van der Waals surface area (Å²) in [6.45, 7) is 1.10.